The van der Waals surface area contributed by atoms with Crippen molar-refractivity contribution in [1.29, 1.82) is 0 Å². The van der Waals surface area contributed by atoms with Crippen LogP contribution in [0.15, 0.2) is 58.4 Å². The van der Waals surface area contributed by atoms with Gasteiger partial charge in [0.15, 0.2) is 5.69 Å². The normalized spacial score (nSPS) is 10.5. The third kappa shape index (κ3) is 3.86. The summed E-state index contributed by atoms with van der Waals surface area (Å²) >= 11 is 4.88. The highest BCUT2D eigenvalue weighted by atomic mass is 79.9. The average Bonchev–Trinajstić information content (AvgIpc) is 3.04. The molecule has 5 heteroatoms. The van der Waals surface area contributed by atoms with Crippen LogP contribution in [0.25, 0.3) is 10.6 Å². The van der Waals surface area contributed by atoms with Crippen LogP contribution in [0.2, 0.25) is 0 Å². The molecule has 3 rings (SSSR count). The fraction of sp³-hybridized carbons (Fsp3) is 0.111. The summed E-state index contributed by atoms with van der Waals surface area (Å²) in [5, 5.41) is 2.55. The molecule has 1 aromatic heterocycles. The standard InChI is InChI=1S/C18H14BrNO2S/c1-12-6-8-13(9-7-12)17-20-16(11-23-17)18(21)22-10-14-4-2-3-5-15(14)19/h2-9,11H,10H2,1H3. The van der Waals surface area contributed by atoms with Crippen LogP contribution in [0.3, 0.4) is 0 Å². The minimum atomic E-state index is -0.407. The number of halogens is 1. The quantitative estimate of drug-likeness (QED) is 0.574. The molecule has 0 atom stereocenters. The molecule has 116 valence electrons. The average molecular weight is 388 g/mol. The lowest BCUT2D eigenvalue weighted by molar-refractivity contribution is 0.0466. The van der Waals surface area contributed by atoms with Gasteiger partial charge in [-0.1, -0.05) is 64.0 Å². The van der Waals surface area contributed by atoms with Gasteiger partial charge in [-0.2, -0.15) is 0 Å². The van der Waals surface area contributed by atoms with Gasteiger partial charge in [0.05, 0.1) is 0 Å². The van der Waals surface area contributed by atoms with Gasteiger partial charge in [-0.05, 0) is 13.0 Å². The zero-order chi connectivity index (χ0) is 16.2. The Bertz CT molecular complexity index is 827. The van der Waals surface area contributed by atoms with Gasteiger partial charge in [0.1, 0.15) is 11.6 Å². The Labute approximate surface area is 147 Å². The molecule has 3 aromatic rings. The predicted octanol–water partition coefficient (Wildman–Crippen LogP) is 5.24. The molecule has 0 unspecified atom stereocenters. The molecular formula is C18H14BrNO2S. The van der Waals surface area contributed by atoms with Crippen molar-refractivity contribution >= 4 is 33.2 Å². The summed E-state index contributed by atoms with van der Waals surface area (Å²) in [6.07, 6.45) is 0. The summed E-state index contributed by atoms with van der Waals surface area (Å²) in [6, 6.07) is 15.7. The van der Waals surface area contributed by atoms with Gasteiger partial charge >= 0.3 is 5.97 Å². The van der Waals surface area contributed by atoms with Crippen LogP contribution in [-0.4, -0.2) is 11.0 Å². The number of thiazole rings is 1. The van der Waals surface area contributed by atoms with E-state index in [2.05, 4.69) is 20.9 Å². The second-order valence-corrected chi connectivity index (χ2v) is 6.78. The molecule has 1 heterocycles. The highest BCUT2D eigenvalue weighted by Gasteiger charge is 2.14. The first kappa shape index (κ1) is 15.9. The smallest absolute Gasteiger partial charge is 0.358 e. The topological polar surface area (TPSA) is 39.2 Å². The molecule has 0 radical (unpaired) electrons. The minimum Gasteiger partial charge on any atom is -0.456 e. The molecule has 23 heavy (non-hydrogen) atoms. The van der Waals surface area contributed by atoms with Crippen molar-refractivity contribution in [2.75, 3.05) is 0 Å². The van der Waals surface area contributed by atoms with Crippen molar-refractivity contribution in [2.24, 2.45) is 0 Å². The Kier molecular flexibility index (Phi) is 4.88. The SMILES string of the molecule is Cc1ccc(-c2nc(C(=O)OCc3ccccc3Br)cs2)cc1. The van der Waals surface area contributed by atoms with Crippen molar-refractivity contribution in [1.82, 2.24) is 4.98 Å². The van der Waals surface area contributed by atoms with E-state index in [1.165, 1.54) is 16.9 Å². The largest absolute Gasteiger partial charge is 0.456 e. The number of esters is 1. The Balaban J connectivity index is 1.69. The van der Waals surface area contributed by atoms with Crippen LogP contribution in [0.1, 0.15) is 21.6 Å². The second kappa shape index (κ2) is 7.06. The molecule has 0 aliphatic heterocycles. The maximum Gasteiger partial charge on any atom is 0.358 e. The summed E-state index contributed by atoms with van der Waals surface area (Å²) in [4.78, 5) is 16.5. The first-order valence-corrected chi connectivity index (χ1v) is 8.74. The molecule has 3 nitrogen and oxygen atoms in total. The molecule has 0 saturated carbocycles. The summed E-state index contributed by atoms with van der Waals surface area (Å²) in [5.74, 6) is -0.407. The van der Waals surface area contributed by atoms with Crippen molar-refractivity contribution in [3.8, 4) is 10.6 Å². The molecule has 0 spiro atoms. The number of carbonyl (C=O) groups excluding carboxylic acids is 1. The number of nitrogens with zero attached hydrogens (tertiary/aromatic N) is 1. The number of hydrogen-bond donors (Lipinski definition) is 0. The van der Waals surface area contributed by atoms with E-state index in [4.69, 9.17) is 4.74 Å². The summed E-state index contributed by atoms with van der Waals surface area (Å²) in [5.41, 5.74) is 3.47. The highest BCUT2D eigenvalue weighted by molar-refractivity contribution is 9.10. The lowest BCUT2D eigenvalue weighted by Gasteiger charge is -2.05. The number of ether oxygens (including phenoxy) is 1. The van der Waals surface area contributed by atoms with Crippen molar-refractivity contribution in [3.63, 3.8) is 0 Å². The summed E-state index contributed by atoms with van der Waals surface area (Å²) < 4.78 is 6.26. The lowest BCUT2D eigenvalue weighted by Crippen LogP contribution is -2.06. The van der Waals surface area contributed by atoms with Crippen molar-refractivity contribution in [3.05, 3.63) is 75.2 Å². The third-order valence-electron chi connectivity index (χ3n) is 3.33. The van der Waals surface area contributed by atoms with Crippen molar-refractivity contribution in [2.45, 2.75) is 13.5 Å². The fourth-order valence-corrected chi connectivity index (χ4v) is 3.22. The van der Waals surface area contributed by atoms with Crippen molar-refractivity contribution < 1.29 is 9.53 Å². The number of aryl methyl sites for hydroxylation is 1. The Morgan fingerprint density at radius 1 is 1.17 bits per heavy atom. The van der Waals surface area contributed by atoms with Crippen LogP contribution < -0.4 is 0 Å². The number of rotatable bonds is 4. The zero-order valence-electron chi connectivity index (χ0n) is 12.5. The summed E-state index contributed by atoms with van der Waals surface area (Å²) in [7, 11) is 0. The van der Waals surface area contributed by atoms with Gasteiger partial charge in [-0.25, -0.2) is 9.78 Å². The van der Waals surface area contributed by atoms with E-state index in [9.17, 15) is 4.79 Å². The number of hydrogen-bond acceptors (Lipinski definition) is 4. The Morgan fingerprint density at radius 3 is 2.65 bits per heavy atom. The molecule has 0 N–H and O–H groups in total. The third-order valence-corrected chi connectivity index (χ3v) is 4.99. The monoisotopic (exact) mass is 387 g/mol. The maximum absolute atomic E-state index is 12.1. The first-order valence-electron chi connectivity index (χ1n) is 7.06. The summed E-state index contributed by atoms with van der Waals surface area (Å²) in [6.45, 7) is 2.26. The van der Waals surface area contributed by atoms with Gasteiger partial charge < -0.3 is 4.74 Å². The molecule has 0 aliphatic carbocycles. The molecule has 2 aromatic carbocycles. The molecular weight excluding hydrogens is 374 g/mol. The Morgan fingerprint density at radius 2 is 1.91 bits per heavy atom. The van der Waals surface area contributed by atoms with Gasteiger partial charge in [0.25, 0.3) is 0 Å². The molecule has 0 amide bonds. The van der Waals surface area contributed by atoms with Crippen LogP contribution in [0.5, 0.6) is 0 Å². The maximum atomic E-state index is 12.1. The van der Waals surface area contributed by atoms with E-state index in [1.54, 1.807) is 5.38 Å². The number of carbonyl (C=O) groups is 1. The first-order chi connectivity index (χ1) is 11.1. The number of benzene rings is 2. The fourth-order valence-electron chi connectivity index (χ4n) is 2.03. The lowest BCUT2D eigenvalue weighted by atomic mass is 10.2. The van der Waals surface area contributed by atoms with Crippen LogP contribution in [0.4, 0.5) is 0 Å². The van der Waals surface area contributed by atoms with Crippen LogP contribution in [0, 0.1) is 6.92 Å². The Hall–Kier alpha value is -1.98. The van der Waals surface area contributed by atoms with Gasteiger partial charge in [0, 0.05) is 21.0 Å². The van der Waals surface area contributed by atoms with E-state index >= 15 is 0 Å². The van der Waals surface area contributed by atoms with Gasteiger partial charge in [-0.3, -0.25) is 0 Å². The highest BCUT2D eigenvalue weighted by Crippen LogP contribution is 2.24. The zero-order valence-corrected chi connectivity index (χ0v) is 14.9. The molecule has 0 bridgehead atoms. The van der Waals surface area contributed by atoms with E-state index in [0.29, 0.717) is 5.69 Å². The molecule has 0 fully saturated rings. The van der Waals surface area contributed by atoms with Gasteiger partial charge in [0.2, 0.25) is 0 Å². The number of aromatic nitrogens is 1. The molecule has 0 saturated heterocycles. The molecule has 0 aliphatic rings. The van der Waals surface area contributed by atoms with E-state index in [1.807, 2.05) is 55.5 Å². The van der Waals surface area contributed by atoms with Crippen LogP contribution >= 0.6 is 27.3 Å². The van der Waals surface area contributed by atoms with E-state index in [0.717, 1.165) is 20.6 Å². The van der Waals surface area contributed by atoms with E-state index in [-0.39, 0.29) is 6.61 Å². The predicted molar refractivity (Wildman–Crippen MR) is 95.5 cm³/mol. The van der Waals surface area contributed by atoms with Gasteiger partial charge in [-0.15, -0.1) is 11.3 Å². The van der Waals surface area contributed by atoms with E-state index < -0.39 is 5.97 Å². The minimum absolute atomic E-state index is 0.220. The van der Waals surface area contributed by atoms with Crippen LogP contribution in [-0.2, 0) is 11.3 Å². The second-order valence-electron chi connectivity index (χ2n) is 5.07.